The first-order valence-electron chi connectivity index (χ1n) is 7.12. The van der Waals surface area contributed by atoms with Crippen LogP contribution in [-0.4, -0.2) is 15.7 Å². The highest BCUT2D eigenvalue weighted by molar-refractivity contribution is 6.30. The maximum Gasteiger partial charge on any atom is 0.451 e. The summed E-state index contributed by atoms with van der Waals surface area (Å²) >= 11 is 6.02. The predicted octanol–water partition coefficient (Wildman–Crippen LogP) is 3.76. The smallest absolute Gasteiger partial charge is 0.451 e. The Labute approximate surface area is 143 Å². The van der Waals surface area contributed by atoms with Gasteiger partial charge in [0, 0.05) is 5.02 Å². The van der Waals surface area contributed by atoms with E-state index < -0.39 is 5.90 Å². The number of diazo groups is 1. The lowest BCUT2D eigenvalue weighted by Gasteiger charge is -2.10. The first-order chi connectivity index (χ1) is 11.6. The van der Waals surface area contributed by atoms with Crippen molar-refractivity contribution in [3.05, 3.63) is 75.9 Å². The molecule has 0 saturated heterocycles. The molecule has 0 spiro atoms. The number of rotatable bonds is 3. The molecule has 3 aromatic rings. The molecule has 24 heavy (non-hydrogen) atoms. The molecule has 2 aromatic carbocycles. The SMILES string of the molecule is Cc1nn(-c2cccc(Cl)c2)c(N=C([O-])c2ccccc2)c1[N+]#N. The van der Waals surface area contributed by atoms with Crippen molar-refractivity contribution in [2.45, 2.75) is 6.92 Å². The van der Waals surface area contributed by atoms with E-state index in [2.05, 4.69) is 15.1 Å². The lowest BCUT2D eigenvalue weighted by Crippen LogP contribution is -2.18. The van der Waals surface area contributed by atoms with Gasteiger partial charge in [0.2, 0.25) is 5.39 Å². The van der Waals surface area contributed by atoms with E-state index in [0.717, 1.165) is 0 Å². The molecule has 1 aromatic heterocycles. The van der Waals surface area contributed by atoms with Gasteiger partial charge >= 0.3 is 5.69 Å². The molecule has 0 radical (unpaired) electrons. The van der Waals surface area contributed by atoms with E-state index in [1.54, 1.807) is 55.5 Å². The number of benzene rings is 2. The molecular weight excluding hydrogens is 326 g/mol. The van der Waals surface area contributed by atoms with Gasteiger partial charge in [0.25, 0.3) is 5.82 Å². The van der Waals surface area contributed by atoms with Crippen molar-refractivity contribution >= 4 is 29.0 Å². The molecule has 0 aliphatic carbocycles. The van der Waals surface area contributed by atoms with E-state index in [1.807, 2.05) is 6.07 Å². The van der Waals surface area contributed by atoms with Crippen LogP contribution in [0.4, 0.5) is 11.5 Å². The molecular formula is C17H12ClN5O. The minimum atomic E-state index is -0.455. The lowest BCUT2D eigenvalue weighted by atomic mass is 10.2. The topological polar surface area (TPSA) is 81.4 Å². The van der Waals surface area contributed by atoms with Gasteiger partial charge in [-0.3, -0.25) is 0 Å². The van der Waals surface area contributed by atoms with Crippen LogP contribution in [0.25, 0.3) is 10.7 Å². The summed E-state index contributed by atoms with van der Waals surface area (Å²) in [6.07, 6.45) is 0. The molecule has 0 saturated carbocycles. The Morgan fingerprint density at radius 2 is 1.96 bits per heavy atom. The number of hydrogen-bond donors (Lipinski definition) is 0. The molecule has 0 aliphatic rings. The van der Waals surface area contributed by atoms with Crippen LogP contribution in [-0.2, 0) is 0 Å². The number of halogens is 1. The number of nitrogens with zero attached hydrogens (tertiary/aromatic N) is 5. The summed E-state index contributed by atoms with van der Waals surface area (Å²) in [5.41, 5.74) is 1.62. The number of aliphatic imine (C=N–C) groups is 1. The second kappa shape index (κ2) is 6.52. The van der Waals surface area contributed by atoms with Gasteiger partial charge < -0.3 is 5.11 Å². The highest BCUT2D eigenvalue weighted by atomic mass is 35.5. The molecule has 6 nitrogen and oxygen atoms in total. The standard InChI is InChI=1S/C17H12ClN5O/c1-11-15(21-19)16(20-17(24)12-6-3-2-4-7-12)23(22-11)14-9-5-8-13(18)10-14/h2-10H,1H3. The molecule has 0 aliphatic heterocycles. The number of aromatic nitrogens is 2. The molecule has 0 bridgehead atoms. The van der Waals surface area contributed by atoms with Crippen molar-refractivity contribution in [2.75, 3.05) is 0 Å². The molecule has 0 unspecified atom stereocenters. The van der Waals surface area contributed by atoms with Crippen LogP contribution in [0.2, 0.25) is 5.02 Å². The third-order valence-corrected chi connectivity index (χ3v) is 3.62. The van der Waals surface area contributed by atoms with E-state index in [4.69, 9.17) is 11.6 Å². The quantitative estimate of drug-likeness (QED) is 0.414. The second-order valence-corrected chi connectivity index (χ2v) is 5.47. The van der Waals surface area contributed by atoms with Gasteiger partial charge in [-0.05, 0) is 36.6 Å². The molecule has 3 rings (SSSR count). The van der Waals surface area contributed by atoms with Crippen LogP contribution >= 0.6 is 11.6 Å². The van der Waals surface area contributed by atoms with Crippen LogP contribution in [0.15, 0.2) is 59.6 Å². The van der Waals surface area contributed by atoms with Gasteiger partial charge in [0.05, 0.1) is 5.69 Å². The zero-order valence-corrected chi connectivity index (χ0v) is 13.5. The van der Waals surface area contributed by atoms with Gasteiger partial charge in [-0.2, -0.15) is 5.10 Å². The van der Waals surface area contributed by atoms with E-state index in [0.29, 0.717) is 22.0 Å². The van der Waals surface area contributed by atoms with Crippen molar-refractivity contribution in [1.29, 1.82) is 5.39 Å². The Morgan fingerprint density at radius 3 is 2.62 bits per heavy atom. The summed E-state index contributed by atoms with van der Waals surface area (Å²) in [6.45, 7) is 1.67. The van der Waals surface area contributed by atoms with E-state index in [-0.39, 0.29) is 11.5 Å². The Hall–Kier alpha value is -3.17. The number of hydrogen-bond acceptors (Lipinski definition) is 4. The highest BCUT2D eigenvalue weighted by Gasteiger charge is 2.26. The monoisotopic (exact) mass is 337 g/mol. The van der Waals surface area contributed by atoms with Crippen molar-refractivity contribution < 1.29 is 5.11 Å². The Bertz CT molecular complexity index is 957. The van der Waals surface area contributed by atoms with Gasteiger partial charge in [-0.25, -0.2) is 9.67 Å². The van der Waals surface area contributed by atoms with E-state index in [1.165, 1.54) is 4.68 Å². The third kappa shape index (κ3) is 2.98. The fourth-order valence-corrected chi connectivity index (χ4v) is 2.44. The Balaban J connectivity index is 2.18. The van der Waals surface area contributed by atoms with Crippen molar-refractivity contribution in [1.82, 2.24) is 9.78 Å². The summed E-state index contributed by atoms with van der Waals surface area (Å²) in [6, 6.07) is 15.6. The number of aryl methyl sites for hydroxylation is 1. The molecule has 7 heteroatoms. The summed E-state index contributed by atoms with van der Waals surface area (Å²) < 4.78 is 1.43. The average Bonchev–Trinajstić information content (AvgIpc) is 2.91. The van der Waals surface area contributed by atoms with E-state index in [9.17, 15) is 10.5 Å². The molecule has 118 valence electrons. The van der Waals surface area contributed by atoms with Gasteiger partial charge in [-0.1, -0.05) is 48.0 Å². The Morgan fingerprint density at radius 1 is 1.21 bits per heavy atom. The predicted molar refractivity (Wildman–Crippen MR) is 90.7 cm³/mol. The zero-order valence-electron chi connectivity index (χ0n) is 12.7. The minimum Gasteiger partial charge on any atom is -0.858 e. The first kappa shape index (κ1) is 15.7. The summed E-state index contributed by atoms with van der Waals surface area (Å²) in [7, 11) is 0. The van der Waals surface area contributed by atoms with Gasteiger partial charge in [-0.15, -0.1) is 0 Å². The molecule has 1 heterocycles. The zero-order chi connectivity index (χ0) is 17.1. The van der Waals surface area contributed by atoms with Crippen LogP contribution in [0.5, 0.6) is 0 Å². The fourth-order valence-electron chi connectivity index (χ4n) is 2.25. The average molecular weight is 338 g/mol. The van der Waals surface area contributed by atoms with Crippen molar-refractivity contribution in [2.24, 2.45) is 4.99 Å². The van der Waals surface area contributed by atoms with Crippen LogP contribution < -0.4 is 5.11 Å². The minimum absolute atomic E-state index is 0.138. The summed E-state index contributed by atoms with van der Waals surface area (Å²) in [5, 5.41) is 26.5. The van der Waals surface area contributed by atoms with E-state index >= 15 is 0 Å². The largest absolute Gasteiger partial charge is 0.858 e. The van der Waals surface area contributed by atoms with Gasteiger partial charge in [0.1, 0.15) is 0 Å². The van der Waals surface area contributed by atoms with Crippen LogP contribution in [0.1, 0.15) is 11.3 Å². The van der Waals surface area contributed by atoms with Gasteiger partial charge in [0.15, 0.2) is 10.7 Å². The highest BCUT2D eigenvalue weighted by Crippen LogP contribution is 2.34. The Kier molecular flexibility index (Phi) is 4.27. The molecule has 0 fully saturated rings. The normalized spacial score (nSPS) is 11.3. The third-order valence-electron chi connectivity index (χ3n) is 3.39. The van der Waals surface area contributed by atoms with Crippen molar-refractivity contribution in [3.63, 3.8) is 0 Å². The van der Waals surface area contributed by atoms with Crippen LogP contribution in [0.3, 0.4) is 0 Å². The van der Waals surface area contributed by atoms with Crippen molar-refractivity contribution in [3.8, 4) is 5.69 Å². The summed E-state index contributed by atoms with van der Waals surface area (Å²) in [5.74, 6) is -0.310. The molecule has 0 atom stereocenters. The first-order valence-corrected chi connectivity index (χ1v) is 7.49. The second-order valence-electron chi connectivity index (χ2n) is 5.03. The lowest BCUT2D eigenvalue weighted by molar-refractivity contribution is -0.212. The molecule has 0 amide bonds. The fraction of sp³-hybridized carbons (Fsp3) is 0.0588. The maximum absolute atomic E-state index is 12.4. The van der Waals surface area contributed by atoms with Crippen LogP contribution in [0, 0.1) is 12.3 Å². The summed E-state index contributed by atoms with van der Waals surface area (Å²) in [4.78, 5) is 7.31. The maximum atomic E-state index is 12.4. The molecule has 0 N–H and O–H groups in total.